The maximum atomic E-state index is 12.2. The van der Waals surface area contributed by atoms with Crippen molar-refractivity contribution >= 4 is 28.6 Å². The SMILES string of the molecule is Cc1ccc(NC(=O)Cc2csc(C(N)C(C)C)n2)c([N+](=O)[O-])c1. The van der Waals surface area contributed by atoms with E-state index in [4.69, 9.17) is 5.73 Å². The summed E-state index contributed by atoms with van der Waals surface area (Å²) in [6.07, 6.45) is 0.0480. The Labute approximate surface area is 144 Å². The molecule has 0 fully saturated rings. The molecule has 128 valence electrons. The number of aromatic nitrogens is 1. The predicted octanol–water partition coefficient (Wildman–Crippen LogP) is 3.20. The fraction of sp³-hybridized carbons (Fsp3) is 0.375. The maximum absolute atomic E-state index is 12.2. The molecule has 1 atom stereocenters. The van der Waals surface area contributed by atoms with E-state index >= 15 is 0 Å². The Morgan fingerprint density at radius 1 is 1.46 bits per heavy atom. The second-order valence-corrected chi connectivity index (χ2v) is 6.84. The second kappa shape index (κ2) is 7.50. The van der Waals surface area contributed by atoms with Crippen molar-refractivity contribution in [2.24, 2.45) is 11.7 Å². The normalized spacial score (nSPS) is 12.2. The van der Waals surface area contributed by atoms with Gasteiger partial charge in [-0.25, -0.2) is 4.98 Å². The minimum absolute atomic E-state index is 0.0480. The summed E-state index contributed by atoms with van der Waals surface area (Å²) in [6, 6.07) is 4.51. The summed E-state index contributed by atoms with van der Waals surface area (Å²) in [5.74, 6) is -0.0926. The van der Waals surface area contributed by atoms with Crippen LogP contribution >= 0.6 is 11.3 Å². The van der Waals surface area contributed by atoms with Gasteiger partial charge in [0.15, 0.2) is 0 Å². The van der Waals surface area contributed by atoms with Gasteiger partial charge in [0.2, 0.25) is 5.91 Å². The zero-order chi connectivity index (χ0) is 17.9. The molecule has 1 amide bonds. The molecule has 0 aliphatic rings. The number of anilines is 1. The number of nitrogens with two attached hydrogens (primary N) is 1. The zero-order valence-electron chi connectivity index (χ0n) is 13.8. The number of hydrogen-bond acceptors (Lipinski definition) is 6. The van der Waals surface area contributed by atoms with Crippen molar-refractivity contribution < 1.29 is 9.72 Å². The average Bonchev–Trinajstić information content (AvgIpc) is 2.96. The van der Waals surface area contributed by atoms with Crippen molar-refractivity contribution in [3.05, 3.63) is 50.0 Å². The lowest BCUT2D eigenvalue weighted by Gasteiger charge is -2.11. The van der Waals surface area contributed by atoms with Gasteiger partial charge in [-0.3, -0.25) is 14.9 Å². The van der Waals surface area contributed by atoms with Crippen molar-refractivity contribution in [1.29, 1.82) is 0 Å². The van der Waals surface area contributed by atoms with Gasteiger partial charge in [-0.1, -0.05) is 19.9 Å². The first-order valence-corrected chi connectivity index (χ1v) is 8.40. The molecule has 0 bridgehead atoms. The van der Waals surface area contributed by atoms with Crippen LogP contribution in [0.25, 0.3) is 0 Å². The summed E-state index contributed by atoms with van der Waals surface area (Å²) in [5.41, 5.74) is 7.47. The Balaban J connectivity index is 2.08. The second-order valence-electron chi connectivity index (χ2n) is 5.95. The molecule has 2 rings (SSSR count). The van der Waals surface area contributed by atoms with Crippen molar-refractivity contribution in [2.45, 2.75) is 33.2 Å². The van der Waals surface area contributed by atoms with Crippen LogP contribution in [0.1, 0.15) is 36.2 Å². The number of rotatable bonds is 6. The van der Waals surface area contributed by atoms with Crippen molar-refractivity contribution in [3.63, 3.8) is 0 Å². The number of carbonyl (C=O) groups is 1. The smallest absolute Gasteiger partial charge is 0.293 e. The molecule has 3 N–H and O–H groups in total. The van der Waals surface area contributed by atoms with Gasteiger partial charge in [-0.05, 0) is 24.5 Å². The molecule has 0 spiro atoms. The number of nitro benzene ring substituents is 1. The molecule has 8 heteroatoms. The van der Waals surface area contributed by atoms with Gasteiger partial charge < -0.3 is 11.1 Å². The quantitative estimate of drug-likeness (QED) is 0.615. The van der Waals surface area contributed by atoms with Crippen LogP contribution in [0.3, 0.4) is 0 Å². The number of carbonyl (C=O) groups excluding carboxylic acids is 1. The van der Waals surface area contributed by atoms with Crippen LogP contribution in [0.15, 0.2) is 23.6 Å². The molecular formula is C16H20N4O3S. The summed E-state index contributed by atoms with van der Waals surface area (Å²) in [7, 11) is 0. The highest BCUT2D eigenvalue weighted by Gasteiger charge is 2.18. The van der Waals surface area contributed by atoms with Crippen LogP contribution in [-0.4, -0.2) is 15.8 Å². The highest BCUT2D eigenvalue weighted by Crippen LogP contribution is 2.26. The third kappa shape index (κ3) is 4.36. The lowest BCUT2D eigenvalue weighted by atomic mass is 10.1. The van der Waals surface area contributed by atoms with Crippen molar-refractivity contribution in [2.75, 3.05) is 5.32 Å². The molecule has 7 nitrogen and oxygen atoms in total. The molecule has 1 aromatic heterocycles. The molecule has 0 saturated carbocycles. The summed E-state index contributed by atoms with van der Waals surface area (Å²) in [5, 5.41) is 16.2. The number of nitrogens with zero attached hydrogens (tertiary/aromatic N) is 2. The number of amides is 1. The van der Waals surface area contributed by atoms with Crippen LogP contribution in [0.4, 0.5) is 11.4 Å². The average molecular weight is 348 g/mol. The summed E-state index contributed by atoms with van der Waals surface area (Å²) in [4.78, 5) is 27.1. The molecule has 1 unspecified atom stereocenters. The minimum atomic E-state index is -0.509. The fourth-order valence-corrected chi connectivity index (χ4v) is 3.09. The number of thiazole rings is 1. The Kier molecular flexibility index (Phi) is 5.63. The largest absolute Gasteiger partial charge is 0.322 e. The van der Waals surface area contributed by atoms with E-state index in [0.29, 0.717) is 5.69 Å². The van der Waals surface area contributed by atoms with E-state index in [1.165, 1.54) is 23.5 Å². The highest BCUT2D eigenvalue weighted by atomic mass is 32.1. The molecule has 1 heterocycles. The van der Waals surface area contributed by atoms with Gasteiger partial charge in [-0.2, -0.15) is 0 Å². The van der Waals surface area contributed by atoms with Crippen molar-refractivity contribution in [3.8, 4) is 0 Å². The summed E-state index contributed by atoms with van der Waals surface area (Å²) < 4.78 is 0. The number of nitrogens with one attached hydrogen (secondary N) is 1. The van der Waals surface area contributed by atoms with E-state index < -0.39 is 4.92 Å². The number of aryl methyl sites for hydroxylation is 1. The topological polar surface area (TPSA) is 111 Å². The molecule has 0 radical (unpaired) electrons. The zero-order valence-corrected chi connectivity index (χ0v) is 14.6. The molecule has 0 aliphatic heterocycles. The van der Waals surface area contributed by atoms with Crippen LogP contribution in [0.5, 0.6) is 0 Å². The first-order chi connectivity index (χ1) is 11.3. The molecule has 0 aliphatic carbocycles. The standard InChI is InChI=1S/C16H20N4O3S/c1-9(2)15(17)16-18-11(8-24-16)7-14(21)19-12-5-4-10(3)6-13(12)20(22)23/h4-6,8-9,15H,7,17H2,1-3H3,(H,19,21). The lowest BCUT2D eigenvalue weighted by Crippen LogP contribution is -2.18. The van der Waals surface area contributed by atoms with E-state index in [-0.39, 0.29) is 35.7 Å². The van der Waals surface area contributed by atoms with Crippen molar-refractivity contribution in [1.82, 2.24) is 4.98 Å². The number of hydrogen-bond donors (Lipinski definition) is 2. The maximum Gasteiger partial charge on any atom is 0.293 e. The Hall–Kier alpha value is -2.32. The van der Waals surface area contributed by atoms with Crippen LogP contribution in [0, 0.1) is 23.0 Å². The predicted molar refractivity (Wildman–Crippen MR) is 94.0 cm³/mol. The molecule has 0 saturated heterocycles. The number of benzene rings is 1. The molecular weight excluding hydrogens is 328 g/mol. The van der Waals surface area contributed by atoms with Gasteiger partial charge in [0.1, 0.15) is 10.7 Å². The van der Waals surface area contributed by atoms with Gasteiger partial charge >= 0.3 is 0 Å². The first-order valence-electron chi connectivity index (χ1n) is 7.52. The third-order valence-electron chi connectivity index (χ3n) is 3.54. The number of nitro groups is 1. The van der Waals surface area contributed by atoms with Crippen LogP contribution in [-0.2, 0) is 11.2 Å². The van der Waals surface area contributed by atoms with Gasteiger partial charge in [0.05, 0.1) is 23.1 Å². The summed E-state index contributed by atoms with van der Waals surface area (Å²) >= 11 is 1.42. The van der Waals surface area contributed by atoms with Gasteiger partial charge in [0.25, 0.3) is 5.69 Å². The Morgan fingerprint density at radius 2 is 2.17 bits per heavy atom. The monoisotopic (exact) mass is 348 g/mol. The van der Waals surface area contributed by atoms with Crippen LogP contribution in [0.2, 0.25) is 0 Å². The fourth-order valence-electron chi connectivity index (χ4n) is 2.10. The van der Waals surface area contributed by atoms with E-state index in [0.717, 1.165) is 10.6 Å². The van der Waals surface area contributed by atoms with Gasteiger partial charge in [0, 0.05) is 11.4 Å². The molecule has 2 aromatic rings. The van der Waals surface area contributed by atoms with E-state index in [2.05, 4.69) is 10.3 Å². The van der Waals surface area contributed by atoms with E-state index in [9.17, 15) is 14.9 Å². The molecule has 1 aromatic carbocycles. The van der Waals surface area contributed by atoms with E-state index in [1.54, 1.807) is 18.4 Å². The Bertz CT molecular complexity index is 758. The molecule has 24 heavy (non-hydrogen) atoms. The van der Waals surface area contributed by atoms with E-state index in [1.807, 2.05) is 13.8 Å². The summed E-state index contributed by atoms with van der Waals surface area (Å²) in [6.45, 7) is 5.78. The highest BCUT2D eigenvalue weighted by molar-refractivity contribution is 7.09. The third-order valence-corrected chi connectivity index (χ3v) is 4.53. The minimum Gasteiger partial charge on any atom is -0.322 e. The Morgan fingerprint density at radius 3 is 2.79 bits per heavy atom. The van der Waals surface area contributed by atoms with Gasteiger partial charge in [-0.15, -0.1) is 11.3 Å². The van der Waals surface area contributed by atoms with Crippen LogP contribution < -0.4 is 11.1 Å². The first kappa shape index (κ1) is 18.0. The lowest BCUT2D eigenvalue weighted by molar-refractivity contribution is -0.384.